The lowest BCUT2D eigenvalue weighted by molar-refractivity contribution is 0.616. The molecule has 0 bridgehead atoms. The van der Waals surface area contributed by atoms with Gasteiger partial charge in [-0.05, 0) is 47.0 Å². The summed E-state index contributed by atoms with van der Waals surface area (Å²) in [6.07, 6.45) is 3.61. The van der Waals surface area contributed by atoms with E-state index in [1.54, 1.807) is 6.26 Å². The van der Waals surface area contributed by atoms with Gasteiger partial charge in [0.25, 0.3) is 0 Å². The summed E-state index contributed by atoms with van der Waals surface area (Å²) in [5.74, 6) is 0. The van der Waals surface area contributed by atoms with Gasteiger partial charge in [0, 0.05) is 27.5 Å². The number of fused-ring (bicyclic) bond motifs is 9. The van der Waals surface area contributed by atoms with Gasteiger partial charge in [-0.3, -0.25) is 0 Å². The molecule has 0 unspecified atom stereocenters. The smallest absolute Gasteiger partial charge is 0.144 e. The molecule has 0 atom stereocenters. The number of furan rings is 2. The lowest BCUT2D eigenvalue weighted by Gasteiger charge is -2.11. The average molecular weight is 399 g/mol. The maximum absolute atomic E-state index is 6.23. The molecule has 4 aromatic carbocycles. The van der Waals surface area contributed by atoms with Crippen molar-refractivity contribution in [1.82, 2.24) is 0 Å². The monoisotopic (exact) mass is 399 g/mol. The molecule has 3 heterocycles. The van der Waals surface area contributed by atoms with Crippen molar-refractivity contribution in [3.8, 4) is 33.4 Å². The van der Waals surface area contributed by atoms with Gasteiger partial charge in [-0.15, -0.1) is 0 Å². The van der Waals surface area contributed by atoms with E-state index in [0.717, 1.165) is 61.1 Å². The summed E-state index contributed by atoms with van der Waals surface area (Å²) in [7, 11) is 0. The van der Waals surface area contributed by atoms with Crippen molar-refractivity contribution >= 4 is 33.3 Å². The van der Waals surface area contributed by atoms with Crippen LogP contribution in [0.2, 0.25) is 0 Å². The van der Waals surface area contributed by atoms with E-state index in [-0.39, 0.29) is 0 Å². The van der Waals surface area contributed by atoms with Crippen LogP contribution in [0, 0.1) is 0 Å². The van der Waals surface area contributed by atoms with Gasteiger partial charge in [0.2, 0.25) is 0 Å². The summed E-state index contributed by atoms with van der Waals surface area (Å²) < 4.78 is 11.9. The minimum atomic E-state index is 0.873. The van der Waals surface area contributed by atoms with Crippen LogP contribution in [0.1, 0.15) is 0 Å². The molecule has 1 aliphatic heterocycles. The number of nitrogens with one attached hydrogen (secondary N) is 1. The van der Waals surface area contributed by atoms with E-state index >= 15 is 0 Å². The summed E-state index contributed by atoms with van der Waals surface area (Å²) >= 11 is 0. The Hall–Kier alpha value is -4.24. The summed E-state index contributed by atoms with van der Waals surface area (Å²) in [4.78, 5) is 0. The van der Waals surface area contributed by atoms with Crippen molar-refractivity contribution in [3.05, 3.63) is 97.5 Å². The first-order chi connectivity index (χ1) is 15.4. The molecule has 0 fully saturated rings. The highest BCUT2D eigenvalue weighted by molar-refractivity contribution is 6.13. The Kier molecular flexibility index (Phi) is 3.27. The molecule has 7 rings (SSSR count). The van der Waals surface area contributed by atoms with E-state index in [0.29, 0.717) is 0 Å². The van der Waals surface area contributed by atoms with Crippen LogP contribution < -0.4 is 5.32 Å². The SMILES string of the molecule is c1ccc(-c2coc3c4c(ccc23)Nc2c(ccc3occc23)-c2ccccc2-4)cc1. The van der Waals surface area contributed by atoms with Crippen LogP contribution in [0.15, 0.2) is 106 Å². The van der Waals surface area contributed by atoms with Gasteiger partial charge in [0.15, 0.2) is 0 Å². The van der Waals surface area contributed by atoms with Gasteiger partial charge in [-0.25, -0.2) is 0 Å². The van der Waals surface area contributed by atoms with E-state index in [1.807, 2.05) is 24.5 Å². The molecule has 3 heteroatoms. The third-order valence-corrected chi connectivity index (χ3v) is 6.21. The predicted octanol–water partition coefficient (Wildman–Crippen LogP) is 8.24. The third kappa shape index (κ3) is 2.29. The fourth-order valence-corrected chi connectivity index (χ4v) is 4.79. The number of anilines is 2. The zero-order valence-corrected chi connectivity index (χ0v) is 16.6. The first-order valence-corrected chi connectivity index (χ1v) is 10.3. The molecular formula is C28H17NO2. The molecule has 0 spiro atoms. The molecule has 0 amide bonds. The first kappa shape index (κ1) is 16.5. The minimum absolute atomic E-state index is 0.873. The van der Waals surface area contributed by atoms with Crippen molar-refractivity contribution in [1.29, 1.82) is 0 Å². The van der Waals surface area contributed by atoms with Crippen LogP contribution in [0.25, 0.3) is 55.3 Å². The van der Waals surface area contributed by atoms with Gasteiger partial charge in [0.05, 0.1) is 23.9 Å². The summed E-state index contributed by atoms with van der Waals surface area (Å²) in [6.45, 7) is 0. The van der Waals surface area contributed by atoms with Crippen LogP contribution in [-0.4, -0.2) is 0 Å². The van der Waals surface area contributed by atoms with Gasteiger partial charge >= 0.3 is 0 Å². The van der Waals surface area contributed by atoms with E-state index in [4.69, 9.17) is 8.83 Å². The van der Waals surface area contributed by atoms with Crippen molar-refractivity contribution in [2.45, 2.75) is 0 Å². The van der Waals surface area contributed by atoms with Crippen molar-refractivity contribution in [2.24, 2.45) is 0 Å². The number of hydrogen-bond donors (Lipinski definition) is 1. The predicted molar refractivity (Wildman–Crippen MR) is 126 cm³/mol. The molecular weight excluding hydrogens is 382 g/mol. The fourth-order valence-electron chi connectivity index (χ4n) is 4.79. The Balaban J connectivity index is 1.57. The van der Waals surface area contributed by atoms with Gasteiger partial charge in [-0.2, -0.15) is 0 Å². The quantitative estimate of drug-likeness (QED) is 0.302. The first-order valence-electron chi connectivity index (χ1n) is 10.3. The maximum Gasteiger partial charge on any atom is 0.144 e. The standard InChI is InChI=1S/C28H17NO2/c1-2-6-17(7-3-1)23-16-31-28-21(23)10-12-24-26(28)19-9-5-4-8-18(19)20-11-13-25-22(14-15-30-25)27(20)29-24/h1-16,29H. The summed E-state index contributed by atoms with van der Waals surface area (Å²) in [6, 6.07) is 29.4. The van der Waals surface area contributed by atoms with E-state index in [9.17, 15) is 0 Å². The average Bonchev–Trinajstić information content (AvgIpc) is 3.44. The maximum atomic E-state index is 6.23. The highest BCUT2D eigenvalue weighted by atomic mass is 16.3. The molecule has 0 radical (unpaired) electrons. The Morgan fingerprint density at radius 1 is 0.581 bits per heavy atom. The number of benzene rings is 4. The van der Waals surface area contributed by atoms with Crippen LogP contribution in [-0.2, 0) is 0 Å². The molecule has 0 saturated heterocycles. The molecule has 146 valence electrons. The molecule has 31 heavy (non-hydrogen) atoms. The van der Waals surface area contributed by atoms with Gasteiger partial charge < -0.3 is 14.2 Å². The topological polar surface area (TPSA) is 38.3 Å². The molecule has 0 aliphatic carbocycles. The molecule has 2 aromatic heterocycles. The normalized spacial score (nSPS) is 12.1. The Bertz CT molecular complexity index is 1610. The van der Waals surface area contributed by atoms with E-state index in [2.05, 4.69) is 72.0 Å². The molecule has 1 N–H and O–H groups in total. The van der Waals surface area contributed by atoms with Crippen molar-refractivity contribution in [3.63, 3.8) is 0 Å². The molecule has 0 saturated carbocycles. The summed E-state index contributed by atoms with van der Waals surface area (Å²) in [5, 5.41) is 5.89. The van der Waals surface area contributed by atoms with E-state index in [1.165, 1.54) is 5.56 Å². The van der Waals surface area contributed by atoms with E-state index < -0.39 is 0 Å². The second kappa shape index (κ2) is 6.13. The van der Waals surface area contributed by atoms with Gasteiger partial charge in [-0.1, -0.05) is 54.6 Å². The lowest BCUT2D eigenvalue weighted by Crippen LogP contribution is -1.92. The highest BCUT2D eigenvalue weighted by Gasteiger charge is 2.25. The fraction of sp³-hybridized carbons (Fsp3) is 0. The lowest BCUT2D eigenvalue weighted by atomic mass is 9.92. The molecule has 6 aromatic rings. The Morgan fingerprint density at radius 3 is 2.32 bits per heavy atom. The zero-order valence-electron chi connectivity index (χ0n) is 16.6. The number of hydrogen-bond acceptors (Lipinski definition) is 3. The summed E-state index contributed by atoms with van der Waals surface area (Å²) in [5.41, 5.74) is 10.7. The highest BCUT2D eigenvalue weighted by Crippen LogP contribution is 2.50. The van der Waals surface area contributed by atoms with Crippen LogP contribution in [0.3, 0.4) is 0 Å². The minimum Gasteiger partial charge on any atom is -0.464 e. The molecule has 3 nitrogen and oxygen atoms in total. The van der Waals surface area contributed by atoms with Crippen molar-refractivity contribution in [2.75, 3.05) is 5.32 Å². The van der Waals surface area contributed by atoms with Crippen LogP contribution in [0.4, 0.5) is 11.4 Å². The van der Waals surface area contributed by atoms with Gasteiger partial charge in [0.1, 0.15) is 11.2 Å². The van der Waals surface area contributed by atoms with Crippen LogP contribution >= 0.6 is 0 Å². The third-order valence-electron chi connectivity index (χ3n) is 6.21. The van der Waals surface area contributed by atoms with Crippen LogP contribution in [0.5, 0.6) is 0 Å². The Morgan fingerprint density at radius 2 is 1.42 bits per heavy atom. The second-order valence-electron chi connectivity index (χ2n) is 7.87. The number of rotatable bonds is 1. The molecule has 1 aliphatic rings. The zero-order chi connectivity index (χ0) is 20.4. The van der Waals surface area contributed by atoms with Crippen molar-refractivity contribution < 1.29 is 8.83 Å². The largest absolute Gasteiger partial charge is 0.464 e. The Labute approximate surface area is 178 Å². The second-order valence-corrected chi connectivity index (χ2v) is 7.87.